The Balaban J connectivity index is 1.33. The Kier molecular flexibility index (Phi) is 9.42. The summed E-state index contributed by atoms with van der Waals surface area (Å²) in [4.78, 5) is 62.6. The van der Waals surface area contributed by atoms with Crippen LogP contribution >= 0.6 is 18.9 Å². The summed E-state index contributed by atoms with van der Waals surface area (Å²) in [6.07, 6.45) is 0.354. The first kappa shape index (κ1) is 34.1. The molecule has 3 heterocycles. The molecule has 3 atom stereocenters. The van der Waals surface area contributed by atoms with Crippen LogP contribution in [0.3, 0.4) is 0 Å². The lowest BCUT2D eigenvalue weighted by Gasteiger charge is -2.38. The largest absolute Gasteiger partial charge is 0.399 e. The second-order valence-electron chi connectivity index (χ2n) is 12.6. The number of carbonyl (C=O) groups is 3. The van der Waals surface area contributed by atoms with Gasteiger partial charge in [-0.1, -0.05) is 45.0 Å². The number of alkyl halides is 2. The lowest BCUT2D eigenvalue weighted by Crippen LogP contribution is -2.58. The molecule has 3 aromatic rings. The fraction of sp³-hybridized carbons (Fsp3) is 0.452. The van der Waals surface area contributed by atoms with Gasteiger partial charge in [-0.2, -0.15) is 8.78 Å². The van der Waals surface area contributed by atoms with Crippen molar-refractivity contribution in [3.8, 4) is 0 Å². The van der Waals surface area contributed by atoms with Crippen LogP contribution < -0.4 is 5.32 Å². The van der Waals surface area contributed by atoms with Crippen LogP contribution in [0, 0.1) is 11.2 Å². The van der Waals surface area contributed by atoms with Crippen molar-refractivity contribution >= 4 is 46.7 Å². The molecule has 0 saturated carbocycles. The number of ether oxygens (including phenoxy) is 1. The van der Waals surface area contributed by atoms with E-state index < -0.39 is 60.1 Å². The van der Waals surface area contributed by atoms with Crippen LogP contribution in [0.1, 0.15) is 60.5 Å². The van der Waals surface area contributed by atoms with Gasteiger partial charge in [-0.3, -0.25) is 18.9 Å². The zero-order chi connectivity index (χ0) is 33.6. The van der Waals surface area contributed by atoms with Crippen LogP contribution in [0.25, 0.3) is 10.1 Å². The molecule has 2 aliphatic heterocycles. The Bertz CT molecular complexity index is 1710. The molecule has 0 spiro atoms. The molecule has 0 radical (unpaired) electrons. The highest BCUT2D eigenvalue weighted by atomic mass is 32.1. The normalized spacial score (nSPS) is 20.2. The predicted octanol–water partition coefficient (Wildman–Crippen LogP) is 5.00. The molecule has 248 valence electrons. The van der Waals surface area contributed by atoms with Gasteiger partial charge in [0.2, 0.25) is 11.8 Å². The van der Waals surface area contributed by atoms with Crippen molar-refractivity contribution < 1.29 is 46.6 Å². The summed E-state index contributed by atoms with van der Waals surface area (Å²) in [6, 6.07) is 8.80. The van der Waals surface area contributed by atoms with Gasteiger partial charge in [0.25, 0.3) is 5.91 Å². The summed E-state index contributed by atoms with van der Waals surface area (Å²) < 4.78 is 60.5. The van der Waals surface area contributed by atoms with Gasteiger partial charge >= 0.3 is 13.3 Å². The second-order valence-corrected chi connectivity index (χ2v) is 15.3. The molecule has 3 amide bonds. The molecule has 1 aromatic heterocycles. The first-order chi connectivity index (χ1) is 21.5. The van der Waals surface area contributed by atoms with Gasteiger partial charge < -0.3 is 29.6 Å². The van der Waals surface area contributed by atoms with E-state index in [0.29, 0.717) is 29.6 Å². The Morgan fingerprint density at radius 2 is 1.80 bits per heavy atom. The minimum absolute atomic E-state index is 0.107. The van der Waals surface area contributed by atoms with Gasteiger partial charge in [0, 0.05) is 28.9 Å². The summed E-state index contributed by atoms with van der Waals surface area (Å²) in [6.45, 7) is 6.24. The maximum atomic E-state index is 14.4. The molecule has 2 fully saturated rings. The third kappa shape index (κ3) is 6.72. The average Bonchev–Trinajstić information content (AvgIpc) is 3.66. The van der Waals surface area contributed by atoms with E-state index in [2.05, 4.69) is 5.32 Å². The average molecular weight is 682 g/mol. The molecule has 2 unspecified atom stereocenters. The number of likely N-dealkylation sites (tertiary alicyclic amines) is 1. The van der Waals surface area contributed by atoms with Crippen LogP contribution in [0.15, 0.2) is 48.5 Å². The van der Waals surface area contributed by atoms with Gasteiger partial charge in [0.15, 0.2) is 0 Å². The number of fused-ring (bicyclic) bond motifs is 1. The van der Waals surface area contributed by atoms with Gasteiger partial charge in [0.1, 0.15) is 24.0 Å². The topological polar surface area (TPSA) is 136 Å². The van der Waals surface area contributed by atoms with E-state index in [0.717, 1.165) is 23.5 Å². The first-order valence-corrected chi connectivity index (χ1v) is 17.2. The number of morpholine rings is 1. The molecule has 2 aliphatic rings. The van der Waals surface area contributed by atoms with Gasteiger partial charge in [0.05, 0.1) is 18.0 Å². The van der Waals surface area contributed by atoms with Crippen LogP contribution in [-0.2, 0) is 24.6 Å². The van der Waals surface area contributed by atoms with Gasteiger partial charge in [-0.15, -0.1) is 11.3 Å². The van der Waals surface area contributed by atoms with E-state index in [1.807, 2.05) is 0 Å². The smallest absolute Gasteiger partial charge is 0.370 e. The zero-order valence-electron chi connectivity index (χ0n) is 25.4. The molecule has 5 rings (SSSR count). The minimum Gasteiger partial charge on any atom is -0.370 e. The van der Waals surface area contributed by atoms with Gasteiger partial charge in [-0.25, -0.2) is 4.39 Å². The number of nitrogens with one attached hydrogen (secondary N) is 1. The number of rotatable bonds is 7. The quantitative estimate of drug-likeness (QED) is 0.299. The molecule has 2 saturated heterocycles. The van der Waals surface area contributed by atoms with E-state index >= 15 is 0 Å². The SMILES string of the molecule is CC(C)(C)C(NC(=O)c1cc2cc(C(F)(F)P(=O)(O)O)ccc2s1)C(=O)N1CCC[C@H]1C(=O)N1CCOC(c2ccccc2F)C1. The molecular weight excluding hydrogens is 646 g/mol. The van der Waals surface area contributed by atoms with Crippen molar-refractivity contribution in [2.45, 2.75) is 57.5 Å². The van der Waals surface area contributed by atoms with Crippen LogP contribution in [0.4, 0.5) is 13.2 Å². The standard InChI is InChI=1S/C31H35F3N3O7PS/c1-30(2,3)26(35-27(38)25-16-18-15-19(10-11-24(18)46-25)31(33,34)45(41,42)43)29(40)37-12-6-9-22(37)28(39)36-13-14-44-23(17-36)20-7-4-5-8-21(20)32/h4-5,7-8,10-11,15-16,22-23,26H,6,9,12-14,17H2,1-3H3,(H,35,38)(H2,41,42,43)/t22-,23?,26?/m0/s1. The molecular formula is C31H35F3N3O7PS. The third-order valence-corrected chi connectivity index (χ3v) is 10.4. The van der Waals surface area contributed by atoms with E-state index in [1.165, 1.54) is 23.1 Å². The summed E-state index contributed by atoms with van der Waals surface area (Å²) in [7, 11) is -5.78. The monoisotopic (exact) mass is 681 g/mol. The minimum atomic E-state index is -5.78. The second kappa shape index (κ2) is 12.7. The number of halogens is 3. The van der Waals surface area contributed by atoms with Crippen molar-refractivity contribution in [2.75, 3.05) is 26.2 Å². The van der Waals surface area contributed by atoms with Crippen molar-refractivity contribution in [1.29, 1.82) is 0 Å². The Morgan fingerprint density at radius 3 is 2.48 bits per heavy atom. The number of carbonyl (C=O) groups excluding carboxylic acids is 3. The highest BCUT2D eigenvalue weighted by Crippen LogP contribution is 2.59. The highest BCUT2D eigenvalue weighted by molar-refractivity contribution is 7.52. The van der Waals surface area contributed by atoms with Crippen molar-refractivity contribution in [1.82, 2.24) is 15.1 Å². The molecule has 0 bridgehead atoms. The fourth-order valence-corrected chi connectivity index (χ4v) is 7.22. The molecule has 2 aromatic carbocycles. The number of thiophene rings is 1. The Labute approximate surface area is 267 Å². The summed E-state index contributed by atoms with van der Waals surface area (Å²) in [5.74, 6) is -1.79. The van der Waals surface area contributed by atoms with Crippen molar-refractivity contribution in [3.05, 3.63) is 70.4 Å². The van der Waals surface area contributed by atoms with E-state index in [-0.39, 0.29) is 35.9 Å². The third-order valence-electron chi connectivity index (χ3n) is 8.29. The molecule has 0 aliphatic carbocycles. The lowest BCUT2D eigenvalue weighted by atomic mass is 9.85. The summed E-state index contributed by atoms with van der Waals surface area (Å²) >= 11 is 0.977. The van der Waals surface area contributed by atoms with Crippen LogP contribution in [-0.4, -0.2) is 75.6 Å². The van der Waals surface area contributed by atoms with Crippen LogP contribution in [0.5, 0.6) is 0 Å². The maximum absolute atomic E-state index is 14.4. The van der Waals surface area contributed by atoms with Crippen LogP contribution in [0.2, 0.25) is 0 Å². The van der Waals surface area contributed by atoms with Gasteiger partial charge in [-0.05, 0) is 47.9 Å². The summed E-state index contributed by atoms with van der Waals surface area (Å²) in [5, 5.41) is 2.96. The number of hydrogen-bond donors (Lipinski definition) is 3. The maximum Gasteiger partial charge on any atom is 0.399 e. The number of nitrogens with zero attached hydrogens (tertiary/aromatic N) is 2. The van der Waals surface area contributed by atoms with Crippen molar-refractivity contribution in [2.24, 2.45) is 5.41 Å². The molecule has 46 heavy (non-hydrogen) atoms. The molecule has 3 N–H and O–H groups in total. The highest BCUT2D eigenvalue weighted by Gasteiger charge is 2.50. The summed E-state index contributed by atoms with van der Waals surface area (Å²) in [5.41, 5.74) is -5.72. The van der Waals surface area contributed by atoms with Crippen molar-refractivity contribution in [3.63, 3.8) is 0 Å². The fourth-order valence-electron chi connectivity index (χ4n) is 5.80. The van der Waals surface area contributed by atoms with E-state index in [4.69, 9.17) is 14.5 Å². The van der Waals surface area contributed by atoms with E-state index in [9.17, 15) is 32.1 Å². The zero-order valence-corrected chi connectivity index (χ0v) is 27.1. The number of amides is 3. The number of hydrogen-bond acceptors (Lipinski definition) is 6. The number of benzene rings is 2. The lowest BCUT2D eigenvalue weighted by molar-refractivity contribution is -0.150. The van der Waals surface area contributed by atoms with E-state index in [1.54, 1.807) is 43.9 Å². The predicted molar refractivity (Wildman–Crippen MR) is 165 cm³/mol. The Hall–Kier alpha value is -3.29. The Morgan fingerprint density at radius 1 is 1.09 bits per heavy atom. The molecule has 15 heteroatoms. The first-order valence-electron chi connectivity index (χ1n) is 14.7. The molecule has 10 nitrogen and oxygen atoms in total.